The van der Waals surface area contributed by atoms with E-state index < -0.39 is 12.1 Å². The number of nitrogens with two attached hydrogens (primary N) is 1. The lowest BCUT2D eigenvalue weighted by Gasteiger charge is -2.34. The first-order valence-corrected chi connectivity index (χ1v) is 6.24. The molecule has 1 aliphatic carbocycles. The van der Waals surface area contributed by atoms with Gasteiger partial charge in [0.1, 0.15) is 0 Å². The van der Waals surface area contributed by atoms with Crippen LogP contribution in [0.5, 0.6) is 0 Å². The molecule has 0 radical (unpaired) electrons. The molecule has 0 aromatic heterocycles. The van der Waals surface area contributed by atoms with Gasteiger partial charge in [0.15, 0.2) is 0 Å². The van der Waals surface area contributed by atoms with Crippen molar-refractivity contribution in [3.8, 4) is 0 Å². The summed E-state index contributed by atoms with van der Waals surface area (Å²) in [6, 6.07) is 4.77. The summed E-state index contributed by atoms with van der Waals surface area (Å²) in [6.07, 6.45) is 2.70. The number of benzene rings is 1. The molecule has 1 fully saturated rings. The Morgan fingerprint density at radius 3 is 2.25 bits per heavy atom. The standard InChI is InChI=1S/C12H15Cl2NO/c13-8-5-2-6-9(14)10(8)11(15)12(16)7-3-1-4-7/h2,5-7,11-12,16H,1,3-4,15H2/t11-,12+/m1/s1. The summed E-state index contributed by atoms with van der Waals surface area (Å²) in [5.41, 5.74) is 6.69. The van der Waals surface area contributed by atoms with Gasteiger partial charge in [0.25, 0.3) is 0 Å². The molecular formula is C12H15Cl2NO. The topological polar surface area (TPSA) is 46.2 Å². The molecule has 0 unspecified atom stereocenters. The molecule has 1 aromatic rings. The molecule has 0 amide bonds. The molecule has 88 valence electrons. The minimum Gasteiger partial charge on any atom is -0.391 e. The second-order valence-corrected chi connectivity index (χ2v) is 5.16. The van der Waals surface area contributed by atoms with Gasteiger partial charge in [-0.1, -0.05) is 35.7 Å². The van der Waals surface area contributed by atoms with Crippen LogP contribution in [0.4, 0.5) is 0 Å². The maximum atomic E-state index is 10.1. The molecule has 4 heteroatoms. The fourth-order valence-corrected chi connectivity index (χ4v) is 2.72. The van der Waals surface area contributed by atoms with Crippen LogP contribution in [0.15, 0.2) is 18.2 Å². The number of hydrogen-bond donors (Lipinski definition) is 2. The molecule has 2 atom stereocenters. The van der Waals surface area contributed by atoms with Gasteiger partial charge in [-0.05, 0) is 30.9 Å². The third-order valence-corrected chi connectivity index (χ3v) is 3.99. The molecule has 2 rings (SSSR count). The van der Waals surface area contributed by atoms with Gasteiger partial charge in [-0.3, -0.25) is 0 Å². The van der Waals surface area contributed by atoms with Gasteiger partial charge in [-0.15, -0.1) is 0 Å². The summed E-state index contributed by atoms with van der Waals surface area (Å²) in [7, 11) is 0. The van der Waals surface area contributed by atoms with Gasteiger partial charge in [0.05, 0.1) is 12.1 Å². The Morgan fingerprint density at radius 1 is 1.25 bits per heavy atom. The maximum Gasteiger partial charge on any atom is 0.0761 e. The summed E-state index contributed by atoms with van der Waals surface area (Å²) in [6.45, 7) is 0. The lowest BCUT2D eigenvalue weighted by atomic mass is 9.77. The van der Waals surface area contributed by atoms with Crippen LogP contribution in [0, 0.1) is 5.92 Å². The van der Waals surface area contributed by atoms with Crippen molar-refractivity contribution in [3.63, 3.8) is 0 Å². The zero-order chi connectivity index (χ0) is 11.7. The van der Waals surface area contributed by atoms with Gasteiger partial charge in [-0.2, -0.15) is 0 Å². The molecule has 16 heavy (non-hydrogen) atoms. The molecule has 1 aromatic carbocycles. The number of rotatable bonds is 3. The highest BCUT2D eigenvalue weighted by molar-refractivity contribution is 6.36. The first kappa shape index (κ1) is 12.2. The minimum absolute atomic E-state index is 0.294. The minimum atomic E-state index is -0.550. The first-order chi connectivity index (χ1) is 7.61. The molecule has 0 spiro atoms. The molecule has 3 N–H and O–H groups in total. The van der Waals surface area contributed by atoms with Crippen LogP contribution in [-0.2, 0) is 0 Å². The van der Waals surface area contributed by atoms with E-state index in [-0.39, 0.29) is 0 Å². The lowest BCUT2D eigenvalue weighted by Crippen LogP contribution is -2.36. The fraction of sp³-hybridized carbons (Fsp3) is 0.500. The van der Waals surface area contributed by atoms with Crippen molar-refractivity contribution in [2.45, 2.75) is 31.4 Å². The van der Waals surface area contributed by atoms with E-state index in [0.29, 0.717) is 21.5 Å². The van der Waals surface area contributed by atoms with E-state index in [4.69, 9.17) is 28.9 Å². The highest BCUT2D eigenvalue weighted by Gasteiger charge is 2.32. The Labute approximate surface area is 105 Å². The monoisotopic (exact) mass is 259 g/mol. The molecular weight excluding hydrogens is 245 g/mol. The van der Waals surface area contributed by atoms with Crippen molar-refractivity contribution in [1.29, 1.82) is 0 Å². The Bertz CT molecular complexity index is 359. The number of aliphatic hydroxyl groups excluding tert-OH is 1. The van der Waals surface area contributed by atoms with Crippen molar-refractivity contribution < 1.29 is 5.11 Å². The van der Waals surface area contributed by atoms with Crippen molar-refractivity contribution in [3.05, 3.63) is 33.8 Å². The van der Waals surface area contributed by atoms with Crippen LogP contribution >= 0.6 is 23.2 Å². The smallest absolute Gasteiger partial charge is 0.0761 e. The van der Waals surface area contributed by atoms with Gasteiger partial charge in [-0.25, -0.2) is 0 Å². The summed E-state index contributed by atoms with van der Waals surface area (Å²) in [4.78, 5) is 0. The van der Waals surface area contributed by atoms with Crippen LogP contribution in [0.3, 0.4) is 0 Å². The Kier molecular flexibility index (Phi) is 3.75. The average molecular weight is 260 g/mol. The van der Waals surface area contributed by atoms with Crippen molar-refractivity contribution in [2.24, 2.45) is 11.7 Å². The first-order valence-electron chi connectivity index (χ1n) is 5.49. The van der Waals surface area contributed by atoms with E-state index in [9.17, 15) is 5.11 Å². The van der Waals surface area contributed by atoms with E-state index in [1.54, 1.807) is 18.2 Å². The van der Waals surface area contributed by atoms with Crippen molar-refractivity contribution in [1.82, 2.24) is 0 Å². The molecule has 1 saturated carbocycles. The SMILES string of the molecule is N[C@H](c1c(Cl)cccc1Cl)[C@@H](O)C1CCC1. The number of halogens is 2. The molecule has 2 nitrogen and oxygen atoms in total. The molecule has 1 aliphatic rings. The van der Waals surface area contributed by atoms with E-state index in [2.05, 4.69) is 0 Å². The van der Waals surface area contributed by atoms with Crippen LogP contribution in [0.2, 0.25) is 10.0 Å². The lowest BCUT2D eigenvalue weighted by molar-refractivity contribution is 0.0414. The van der Waals surface area contributed by atoms with Crippen LogP contribution in [0.25, 0.3) is 0 Å². The summed E-state index contributed by atoms with van der Waals surface area (Å²) < 4.78 is 0. The Morgan fingerprint density at radius 2 is 1.81 bits per heavy atom. The average Bonchev–Trinajstić information content (AvgIpc) is 2.14. The quantitative estimate of drug-likeness (QED) is 0.876. The summed E-state index contributed by atoms with van der Waals surface area (Å²) >= 11 is 12.1. The zero-order valence-corrected chi connectivity index (χ0v) is 10.4. The summed E-state index contributed by atoms with van der Waals surface area (Å²) in [5, 5.41) is 11.2. The fourth-order valence-electron chi connectivity index (χ4n) is 2.07. The van der Waals surface area contributed by atoms with Gasteiger partial charge in [0, 0.05) is 15.6 Å². The molecule has 0 heterocycles. The third kappa shape index (κ3) is 2.21. The van der Waals surface area contributed by atoms with Crippen LogP contribution < -0.4 is 5.73 Å². The van der Waals surface area contributed by atoms with Gasteiger partial charge < -0.3 is 10.8 Å². The van der Waals surface area contributed by atoms with E-state index in [0.717, 1.165) is 12.8 Å². The number of hydrogen-bond acceptors (Lipinski definition) is 2. The molecule has 0 bridgehead atoms. The van der Waals surface area contributed by atoms with Gasteiger partial charge in [0.2, 0.25) is 0 Å². The Hall–Kier alpha value is -0.280. The largest absolute Gasteiger partial charge is 0.391 e. The second kappa shape index (κ2) is 4.92. The van der Waals surface area contributed by atoms with E-state index >= 15 is 0 Å². The highest BCUT2D eigenvalue weighted by Crippen LogP contribution is 2.38. The second-order valence-electron chi connectivity index (χ2n) is 4.34. The Balaban J connectivity index is 2.22. The predicted molar refractivity (Wildman–Crippen MR) is 66.7 cm³/mol. The summed E-state index contributed by atoms with van der Waals surface area (Å²) in [5.74, 6) is 0.294. The van der Waals surface area contributed by atoms with Crippen LogP contribution in [-0.4, -0.2) is 11.2 Å². The van der Waals surface area contributed by atoms with Gasteiger partial charge >= 0.3 is 0 Å². The third-order valence-electron chi connectivity index (χ3n) is 3.33. The van der Waals surface area contributed by atoms with Crippen LogP contribution in [0.1, 0.15) is 30.9 Å². The van der Waals surface area contributed by atoms with Crippen molar-refractivity contribution >= 4 is 23.2 Å². The normalized spacial score (nSPS) is 20.2. The maximum absolute atomic E-state index is 10.1. The molecule has 0 saturated heterocycles. The zero-order valence-electron chi connectivity index (χ0n) is 8.87. The highest BCUT2D eigenvalue weighted by atomic mass is 35.5. The van der Waals surface area contributed by atoms with E-state index in [1.165, 1.54) is 6.42 Å². The predicted octanol–water partition coefficient (Wildman–Crippen LogP) is 3.15. The van der Waals surface area contributed by atoms with Crippen molar-refractivity contribution in [2.75, 3.05) is 0 Å². The molecule has 0 aliphatic heterocycles. The van der Waals surface area contributed by atoms with E-state index in [1.807, 2.05) is 0 Å². The number of aliphatic hydroxyl groups is 1.